The van der Waals surface area contributed by atoms with Crippen molar-refractivity contribution in [1.82, 2.24) is 9.80 Å². The van der Waals surface area contributed by atoms with Gasteiger partial charge in [-0.3, -0.25) is 9.69 Å². The van der Waals surface area contributed by atoms with Crippen molar-refractivity contribution in [2.45, 2.75) is 32.7 Å². The van der Waals surface area contributed by atoms with Gasteiger partial charge in [0.05, 0.1) is 6.54 Å². The minimum atomic E-state index is 0.259. The first-order valence-electron chi connectivity index (χ1n) is 5.13. The van der Waals surface area contributed by atoms with Crippen molar-refractivity contribution in [3.63, 3.8) is 0 Å². The van der Waals surface area contributed by atoms with E-state index < -0.39 is 0 Å². The van der Waals surface area contributed by atoms with E-state index in [1.807, 2.05) is 11.9 Å². The number of carbonyl (C=O) groups is 1. The number of likely N-dealkylation sites (N-methyl/N-ethyl adjacent to an activating group) is 1. The molecule has 0 spiro atoms. The second kappa shape index (κ2) is 4.61. The van der Waals surface area contributed by atoms with E-state index in [9.17, 15) is 4.79 Å². The van der Waals surface area contributed by atoms with E-state index in [1.54, 1.807) is 0 Å². The number of piperazine rings is 1. The summed E-state index contributed by atoms with van der Waals surface area (Å²) in [5.74, 6) is 0.259. The first-order valence-corrected chi connectivity index (χ1v) is 5.13. The largest absolute Gasteiger partial charge is 0.343 e. The lowest BCUT2D eigenvalue weighted by atomic mass is 10.1. The van der Waals surface area contributed by atoms with Gasteiger partial charge in [-0.2, -0.15) is 0 Å². The van der Waals surface area contributed by atoms with Crippen LogP contribution in [0.4, 0.5) is 0 Å². The summed E-state index contributed by atoms with van der Waals surface area (Å²) in [6.07, 6.45) is 2.39. The number of hydrogen-bond acceptors (Lipinski definition) is 2. The highest BCUT2D eigenvalue weighted by atomic mass is 16.2. The molecular formula is C10H20N2O. The summed E-state index contributed by atoms with van der Waals surface area (Å²) in [6.45, 7) is 6.92. The smallest absolute Gasteiger partial charge is 0.236 e. The van der Waals surface area contributed by atoms with Gasteiger partial charge in [-0.1, -0.05) is 13.3 Å². The Morgan fingerprint density at radius 1 is 1.46 bits per heavy atom. The highest BCUT2D eigenvalue weighted by Gasteiger charge is 2.23. The Labute approximate surface area is 80.7 Å². The zero-order valence-corrected chi connectivity index (χ0v) is 8.92. The topological polar surface area (TPSA) is 23.6 Å². The fraction of sp³-hybridized carbons (Fsp3) is 0.900. The molecule has 13 heavy (non-hydrogen) atoms. The van der Waals surface area contributed by atoms with Crippen molar-refractivity contribution < 1.29 is 4.79 Å². The maximum atomic E-state index is 11.4. The van der Waals surface area contributed by atoms with Crippen LogP contribution >= 0.6 is 0 Å². The molecule has 0 saturated carbocycles. The summed E-state index contributed by atoms with van der Waals surface area (Å²) in [4.78, 5) is 15.5. The van der Waals surface area contributed by atoms with Crippen molar-refractivity contribution in [3.8, 4) is 0 Å². The monoisotopic (exact) mass is 184 g/mol. The summed E-state index contributed by atoms with van der Waals surface area (Å²) in [5, 5.41) is 0. The highest BCUT2D eigenvalue weighted by molar-refractivity contribution is 5.78. The Balaban J connectivity index is 2.40. The Morgan fingerprint density at radius 3 is 2.69 bits per heavy atom. The molecule has 0 aromatic rings. The molecular weight excluding hydrogens is 164 g/mol. The Bertz CT molecular complexity index is 182. The average Bonchev–Trinajstić information content (AvgIpc) is 2.10. The summed E-state index contributed by atoms with van der Waals surface area (Å²) in [5.41, 5.74) is 0. The molecule has 1 heterocycles. The van der Waals surface area contributed by atoms with Gasteiger partial charge in [0, 0.05) is 26.2 Å². The van der Waals surface area contributed by atoms with Crippen LogP contribution in [0.15, 0.2) is 0 Å². The highest BCUT2D eigenvalue weighted by Crippen LogP contribution is 2.09. The maximum absolute atomic E-state index is 11.4. The number of carbonyl (C=O) groups excluding carboxylic acids is 1. The van der Waals surface area contributed by atoms with Crippen LogP contribution < -0.4 is 0 Å². The molecule has 76 valence electrons. The molecule has 1 fully saturated rings. The fourth-order valence-corrected chi connectivity index (χ4v) is 1.75. The van der Waals surface area contributed by atoms with E-state index in [0.29, 0.717) is 12.6 Å². The van der Waals surface area contributed by atoms with Crippen LogP contribution in [0.1, 0.15) is 26.7 Å². The minimum absolute atomic E-state index is 0.259. The fourth-order valence-electron chi connectivity index (χ4n) is 1.75. The lowest BCUT2D eigenvalue weighted by molar-refractivity contribution is -0.135. The molecule has 0 bridgehead atoms. The summed E-state index contributed by atoms with van der Waals surface area (Å²) >= 11 is 0. The Morgan fingerprint density at radius 2 is 2.15 bits per heavy atom. The second-order valence-electron chi connectivity index (χ2n) is 3.92. The van der Waals surface area contributed by atoms with Crippen LogP contribution in [0, 0.1) is 0 Å². The zero-order valence-electron chi connectivity index (χ0n) is 8.92. The molecule has 1 amide bonds. The summed E-state index contributed by atoms with van der Waals surface area (Å²) < 4.78 is 0. The molecule has 1 unspecified atom stereocenters. The van der Waals surface area contributed by atoms with Crippen molar-refractivity contribution in [2.75, 3.05) is 26.7 Å². The predicted octanol–water partition coefficient (Wildman–Crippen LogP) is 0.949. The number of rotatable bonds is 3. The van der Waals surface area contributed by atoms with Crippen LogP contribution in [-0.2, 0) is 4.79 Å². The Hall–Kier alpha value is -0.570. The number of amides is 1. The molecule has 1 atom stereocenters. The summed E-state index contributed by atoms with van der Waals surface area (Å²) in [6, 6.07) is 0.558. The molecule has 1 aliphatic heterocycles. The third-order valence-corrected chi connectivity index (χ3v) is 2.82. The molecule has 0 aromatic carbocycles. The van der Waals surface area contributed by atoms with Crippen LogP contribution in [0.2, 0.25) is 0 Å². The Kier molecular flexibility index (Phi) is 3.72. The first-order chi connectivity index (χ1) is 6.15. The van der Waals surface area contributed by atoms with E-state index in [1.165, 1.54) is 12.8 Å². The van der Waals surface area contributed by atoms with Crippen LogP contribution in [-0.4, -0.2) is 48.4 Å². The molecule has 1 aliphatic rings. The third-order valence-electron chi connectivity index (χ3n) is 2.82. The molecule has 1 rings (SSSR count). The predicted molar refractivity (Wildman–Crippen MR) is 53.6 cm³/mol. The van der Waals surface area contributed by atoms with E-state index in [4.69, 9.17) is 0 Å². The zero-order chi connectivity index (χ0) is 9.84. The molecule has 1 saturated heterocycles. The molecule has 0 aliphatic carbocycles. The quantitative estimate of drug-likeness (QED) is 0.652. The van der Waals surface area contributed by atoms with Crippen molar-refractivity contribution in [1.29, 1.82) is 0 Å². The standard InChI is InChI=1S/C10H20N2O/c1-4-5-9(2)12-7-6-11(3)10(13)8-12/h9H,4-8H2,1-3H3. The van der Waals surface area contributed by atoms with Gasteiger partial charge in [0.25, 0.3) is 0 Å². The molecule has 0 N–H and O–H groups in total. The average molecular weight is 184 g/mol. The van der Waals surface area contributed by atoms with Gasteiger partial charge in [0.15, 0.2) is 0 Å². The van der Waals surface area contributed by atoms with Crippen LogP contribution in [0.25, 0.3) is 0 Å². The lowest BCUT2D eigenvalue weighted by Crippen LogP contribution is -2.51. The molecule has 3 heteroatoms. The third kappa shape index (κ3) is 2.69. The van der Waals surface area contributed by atoms with Gasteiger partial charge >= 0.3 is 0 Å². The van der Waals surface area contributed by atoms with Crippen LogP contribution in [0.3, 0.4) is 0 Å². The van der Waals surface area contributed by atoms with Gasteiger partial charge in [0.1, 0.15) is 0 Å². The van der Waals surface area contributed by atoms with Gasteiger partial charge in [-0.05, 0) is 13.3 Å². The lowest BCUT2D eigenvalue weighted by Gasteiger charge is -2.35. The minimum Gasteiger partial charge on any atom is -0.343 e. The first kappa shape index (κ1) is 10.5. The number of hydrogen-bond donors (Lipinski definition) is 0. The summed E-state index contributed by atoms with van der Waals surface area (Å²) in [7, 11) is 1.88. The van der Waals surface area contributed by atoms with Crippen molar-refractivity contribution >= 4 is 5.91 Å². The normalized spacial score (nSPS) is 22.1. The molecule has 0 radical (unpaired) electrons. The number of nitrogens with zero attached hydrogens (tertiary/aromatic N) is 2. The second-order valence-corrected chi connectivity index (χ2v) is 3.92. The van der Waals surface area contributed by atoms with E-state index in [2.05, 4.69) is 18.7 Å². The van der Waals surface area contributed by atoms with Crippen LogP contribution in [0.5, 0.6) is 0 Å². The molecule has 0 aromatic heterocycles. The van der Waals surface area contributed by atoms with Crippen molar-refractivity contribution in [2.24, 2.45) is 0 Å². The van der Waals surface area contributed by atoms with Gasteiger partial charge in [0.2, 0.25) is 5.91 Å². The maximum Gasteiger partial charge on any atom is 0.236 e. The van der Waals surface area contributed by atoms with E-state index >= 15 is 0 Å². The van der Waals surface area contributed by atoms with Gasteiger partial charge in [-0.25, -0.2) is 0 Å². The van der Waals surface area contributed by atoms with Crippen molar-refractivity contribution in [3.05, 3.63) is 0 Å². The van der Waals surface area contributed by atoms with Gasteiger partial charge in [-0.15, -0.1) is 0 Å². The SMILES string of the molecule is CCCC(C)N1CCN(C)C(=O)C1. The molecule has 3 nitrogen and oxygen atoms in total. The van der Waals surface area contributed by atoms with Gasteiger partial charge < -0.3 is 4.90 Å². The van der Waals surface area contributed by atoms with E-state index in [0.717, 1.165) is 13.1 Å². The van der Waals surface area contributed by atoms with E-state index in [-0.39, 0.29) is 5.91 Å².